The van der Waals surface area contributed by atoms with Crippen LogP contribution in [0.1, 0.15) is 17.0 Å². The van der Waals surface area contributed by atoms with Crippen molar-refractivity contribution in [1.29, 1.82) is 0 Å². The monoisotopic (exact) mass is 308 g/mol. The second-order valence-electron chi connectivity index (χ2n) is 4.58. The van der Waals surface area contributed by atoms with Gasteiger partial charge >= 0.3 is 5.97 Å². The lowest BCUT2D eigenvalue weighted by Crippen LogP contribution is -2.16. The smallest absolute Gasteiger partial charge is 0.311 e. The van der Waals surface area contributed by atoms with Crippen LogP contribution in [0.2, 0.25) is 5.02 Å². The lowest BCUT2D eigenvalue weighted by Gasteiger charge is -2.15. The first kappa shape index (κ1) is 15.3. The first-order chi connectivity index (χ1) is 10.0. The van der Waals surface area contributed by atoms with Crippen LogP contribution in [0.5, 0.6) is 5.75 Å². The summed E-state index contributed by atoms with van der Waals surface area (Å²) in [5, 5.41) is 9.52. The topological polar surface area (TPSA) is 46.5 Å². The minimum atomic E-state index is -1.12. The van der Waals surface area contributed by atoms with Crippen LogP contribution >= 0.6 is 11.6 Å². The maximum Gasteiger partial charge on any atom is 0.311 e. The van der Waals surface area contributed by atoms with Crippen LogP contribution in [-0.2, 0) is 11.2 Å². The van der Waals surface area contributed by atoms with Crippen LogP contribution in [0.4, 0.5) is 4.39 Å². The van der Waals surface area contributed by atoms with Crippen molar-refractivity contribution in [2.45, 2.75) is 12.3 Å². The Morgan fingerprint density at radius 1 is 1.33 bits per heavy atom. The van der Waals surface area contributed by atoms with Gasteiger partial charge in [0.25, 0.3) is 0 Å². The molecule has 2 aromatic rings. The minimum Gasteiger partial charge on any atom is -0.497 e. The third-order valence-electron chi connectivity index (χ3n) is 3.22. The molecule has 0 aliphatic rings. The van der Waals surface area contributed by atoms with Gasteiger partial charge in [0.15, 0.2) is 0 Å². The van der Waals surface area contributed by atoms with E-state index in [-0.39, 0.29) is 17.0 Å². The fourth-order valence-corrected chi connectivity index (χ4v) is 2.49. The highest BCUT2D eigenvalue weighted by molar-refractivity contribution is 6.31. The Bertz CT molecular complexity index is 637. The van der Waals surface area contributed by atoms with E-state index in [1.54, 1.807) is 24.3 Å². The molecule has 0 bridgehead atoms. The van der Waals surface area contributed by atoms with Crippen molar-refractivity contribution in [2.24, 2.45) is 0 Å². The Hall–Kier alpha value is -2.07. The Balaban J connectivity index is 2.38. The molecular formula is C16H14ClFO3. The van der Waals surface area contributed by atoms with Gasteiger partial charge in [-0.3, -0.25) is 4.79 Å². The Morgan fingerprint density at radius 3 is 2.67 bits per heavy atom. The van der Waals surface area contributed by atoms with E-state index in [0.29, 0.717) is 5.75 Å². The van der Waals surface area contributed by atoms with Crippen LogP contribution in [0.25, 0.3) is 0 Å². The molecule has 0 amide bonds. The van der Waals surface area contributed by atoms with Crippen molar-refractivity contribution >= 4 is 17.6 Å². The second-order valence-corrected chi connectivity index (χ2v) is 4.99. The van der Waals surface area contributed by atoms with Gasteiger partial charge in [-0.1, -0.05) is 29.8 Å². The molecule has 0 aliphatic heterocycles. The van der Waals surface area contributed by atoms with Gasteiger partial charge < -0.3 is 9.84 Å². The molecular weight excluding hydrogens is 295 g/mol. The van der Waals surface area contributed by atoms with E-state index in [1.807, 2.05) is 0 Å². The number of hydrogen-bond donors (Lipinski definition) is 1. The molecule has 110 valence electrons. The average Bonchev–Trinajstić information content (AvgIpc) is 2.46. The summed E-state index contributed by atoms with van der Waals surface area (Å²) in [5.41, 5.74) is 0.746. The minimum absolute atomic E-state index is 0.00878. The number of carboxylic acids is 1. The standard InChI is InChI=1S/C16H14ClFO3/c1-21-11-5-2-4-10(8-11)9-12(16(19)20)15-13(17)6-3-7-14(15)18/h2-8,12H,9H2,1H3,(H,19,20). The molecule has 1 atom stereocenters. The molecule has 0 aromatic heterocycles. The van der Waals surface area contributed by atoms with Crippen molar-refractivity contribution in [2.75, 3.05) is 7.11 Å². The van der Waals surface area contributed by atoms with Crippen molar-refractivity contribution in [3.63, 3.8) is 0 Å². The second kappa shape index (κ2) is 6.59. The van der Waals surface area contributed by atoms with Gasteiger partial charge in [0.2, 0.25) is 0 Å². The van der Waals surface area contributed by atoms with Crippen molar-refractivity contribution in [3.05, 3.63) is 64.4 Å². The molecule has 3 nitrogen and oxygen atoms in total. The normalized spacial score (nSPS) is 12.0. The zero-order valence-electron chi connectivity index (χ0n) is 11.3. The zero-order chi connectivity index (χ0) is 15.4. The highest BCUT2D eigenvalue weighted by Gasteiger charge is 2.26. The third-order valence-corrected chi connectivity index (χ3v) is 3.55. The Morgan fingerprint density at radius 2 is 2.05 bits per heavy atom. The molecule has 0 aliphatic carbocycles. The molecule has 21 heavy (non-hydrogen) atoms. The summed E-state index contributed by atoms with van der Waals surface area (Å²) in [4.78, 5) is 11.5. The van der Waals surface area contributed by atoms with E-state index in [9.17, 15) is 14.3 Å². The van der Waals surface area contributed by atoms with Crippen molar-refractivity contribution < 1.29 is 19.0 Å². The van der Waals surface area contributed by atoms with Crippen LogP contribution in [0, 0.1) is 5.82 Å². The molecule has 0 heterocycles. The van der Waals surface area contributed by atoms with Gasteiger partial charge in [-0.25, -0.2) is 4.39 Å². The van der Waals surface area contributed by atoms with Gasteiger partial charge in [-0.05, 0) is 36.2 Å². The summed E-state index contributed by atoms with van der Waals surface area (Å²) in [7, 11) is 1.53. The lowest BCUT2D eigenvalue weighted by molar-refractivity contribution is -0.138. The largest absolute Gasteiger partial charge is 0.497 e. The maximum absolute atomic E-state index is 13.9. The number of hydrogen-bond acceptors (Lipinski definition) is 2. The van der Waals surface area contributed by atoms with E-state index < -0.39 is 17.7 Å². The van der Waals surface area contributed by atoms with Crippen LogP contribution in [-0.4, -0.2) is 18.2 Å². The molecule has 0 saturated carbocycles. The SMILES string of the molecule is COc1cccc(CC(C(=O)O)c2c(F)cccc2Cl)c1. The fraction of sp³-hybridized carbons (Fsp3) is 0.188. The number of aliphatic carboxylic acids is 1. The molecule has 2 aromatic carbocycles. The Kier molecular flexibility index (Phi) is 4.81. The highest BCUT2D eigenvalue weighted by Crippen LogP contribution is 2.31. The summed E-state index contributed by atoms with van der Waals surface area (Å²) in [6.07, 6.45) is 0.132. The summed E-state index contributed by atoms with van der Waals surface area (Å²) in [6.45, 7) is 0. The number of benzene rings is 2. The van der Waals surface area contributed by atoms with Gasteiger partial charge in [0, 0.05) is 10.6 Å². The molecule has 0 radical (unpaired) electrons. The fourth-order valence-electron chi connectivity index (χ4n) is 2.19. The number of halogens is 2. The molecule has 0 spiro atoms. The Labute approximate surface area is 126 Å². The number of carbonyl (C=O) groups is 1. The first-order valence-corrected chi connectivity index (χ1v) is 6.70. The summed E-state index contributed by atoms with van der Waals surface area (Å²) in [5.74, 6) is -2.16. The zero-order valence-corrected chi connectivity index (χ0v) is 12.1. The quantitative estimate of drug-likeness (QED) is 0.911. The highest BCUT2D eigenvalue weighted by atomic mass is 35.5. The number of rotatable bonds is 5. The van der Waals surface area contributed by atoms with Gasteiger partial charge in [-0.15, -0.1) is 0 Å². The van der Waals surface area contributed by atoms with Crippen LogP contribution in [0.15, 0.2) is 42.5 Å². The van der Waals surface area contributed by atoms with E-state index in [2.05, 4.69) is 0 Å². The van der Waals surface area contributed by atoms with Crippen LogP contribution in [0.3, 0.4) is 0 Å². The first-order valence-electron chi connectivity index (χ1n) is 6.32. The van der Waals surface area contributed by atoms with Crippen molar-refractivity contribution in [3.8, 4) is 5.75 Å². The maximum atomic E-state index is 13.9. The number of ether oxygens (including phenoxy) is 1. The molecule has 0 fully saturated rings. The van der Waals surface area contributed by atoms with Gasteiger partial charge in [0.1, 0.15) is 11.6 Å². The average molecular weight is 309 g/mol. The molecule has 1 unspecified atom stereocenters. The number of carboxylic acid groups (broad SMARTS) is 1. The number of methoxy groups -OCH3 is 1. The van der Waals surface area contributed by atoms with E-state index in [1.165, 1.54) is 25.3 Å². The summed E-state index contributed by atoms with van der Waals surface area (Å²) in [6, 6.07) is 11.2. The van der Waals surface area contributed by atoms with Crippen molar-refractivity contribution in [1.82, 2.24) is 0 Å². The van der Waals surface area contributed by atoms with E-state index >= 15 is 0 Å². The van der Waals surface area contributed by atoms with E-state index in [4.69, 9.17) is 16.3 Å². The summed E-state index contributed by atoms with van der Waals surface area (Å²) >= 11 is 5.97. The van der Waals surface area contributed by atoms with Crippen LogP contribution < -0.4 is 4.74 Å². The van der Waals surface area contributed by atoms with Gasteiger partial charge in [0.05, 0.1) is 13.0 Å². The molecule has 1 N–H and O–H groups in total. The van der Waals surface area contributed by atoms with Gasteiger partial charge in [-0.2, -0.15) is 0 Å². The third kappa shape index (κ3) is 3.52. The van der Waals surface area contributed by atoms with E-state index in [0.717, 1.165) is 5.56 Å². The molecule has 5 heteroatoms. The predicted octanol–water partition coefficient (Wildman–Crippen LogP) is 3.90. The molecule has 0 saturated heterocycles. The predicted molar refractivity (Wildman–Crippen MR) is 78.5 cm³/mol. The lowest BCUT2D eigenvalue weighted by atomic mass is 9.91. The molecule has 2 rings (SSSR count). The summed E-state index contributed by atoms with van der Waals surface area (Å²) < 4.78 is 19.0.